The van der Waals surface area contributed by atoms with Crippen LogP contribution in [-0.2, 0) is 16.1 Å². The third-order valence-electron chi connectivity index (χ3n) is 2.71. The zero-order valence-corrected chi connectivity index (χ0v) is 12.5. The van der Waals surface area contributed by atoms with Crippen LogP contribution in [0.3, 0.4) is 0 Å². The Balaban J connectivity index is 1.92. The minimum Gasteiger partial charge on any atom is -0.369 e. The third-order valence-corrected chi connectivity index (χ3v) is 3.57. The predicted octanol–water partition coefficient (Wildman–Crippen LogP) is 0.349. The average molecular weight is 307 g/mol. The molecule has 2 aromatic rings. The number of aromatic nitrogens is 2. The molecule has 0 spiro atoms. The molecule has 0 aliphatic rings. The molecule has 8 heteroatoms. The molecule has 0 fully saturated rings. The minimum absolute atomic E-state index is 0.0435. The Morgan fingerprint density at radius 1 is 1.43 bits per heavy atom. The molecule has 3 N–H and O–H groups in total. The molecule has 0 bridgehead atoms. The summed E-state index contributed by atoms with van der Waals surface area (Å²) in [5.74, 6) is -0.0550. The quantitative estimate of drug-likeness (QED) is 0.772. The van der Waals surface area contributed by atoms with Gasteiger partial charge in [0.1, 0.15) is 5.82 Å². The molecule has 0 aliphatic carbocycles. The summed E-state index contributed by atoms with van der Waals surface area (Å²) >= 11 is 1.63. The van der Waals surface area contributed by atoms with Crippen LogP contribution in [0.1, 0.15) is 4.88 Å². The van der Waals surface area contributed by atoms with Crippen LogP contribution in [0, 0.1) is 0 Å². The van der Waals surface area contributed by atoms with E-state index < -0.39 is 5.91 Å². The average Bonchev–Trinajstić information content (AvgIpc) is 3.01. The maximum atomic E-state index is 11.9. The Labute approximate surface area is 126 Å². The highest BCUT2D eigenvalue weighted by molar-refractivity contribution is 7.09. The van der Waals surface area contributed by atoms with E-state index in [1.165, 1.54) is 0 Å². The van der Waals surface area contributed by atoms with Crippen LogP contribution in [0.2, 0.25) is 0 Å². The number of anilines is 1. The predicted molar refractivity (Wildman–Crippen MR) is 81.0 cm³/mol. The standard InChI is InChI=1S/C13H17N5O2S/c1-17(8-11(14)19)9-13(20)16-12-4-5-15-18(12)7-10-3-2-6-21-10/h2-6H,7-9H2,1H3,(H2,14,19)(H,16,20). The van der Waals surface area contributed by atoms with E-state index in [2.05, 4.69) is 10.4 Å². The smallest absolute Gasteiger partial charge is 0.239 e. The first-order valence-electron chi connectivity index (χ1n) is 6.35. The van der Waals surface area contributed by atoms with Crippen molar-refractivity contribution in [1.29, 1.82) is 0 Å². The molecular formula is C13H17N5O2S. The number of thiophene rings is 1. The number of primary amides is 1. The molecule has 2 amide bonds. The van der Waals surface area contributed by atoms with Crippen molar-refractivity contribution in [2.24, 2.45) is 5.73 Å². The van der Waals surface area contributed by atoms with Crippen molar-refractivity contribution in [2.75, 3.05) is 25.5 Å². The van der Waals surface area contributed by atoms with Gasteiger partial charge in [0.05, 0.1) is 25.8 Å². The Morgan fingerprint density at radius 2 is 2.24 bits per heavy atom. The zero-order chi connectivity index (χ0) is 15.2. The number of rotatable bonds is 7. The first kappa shape index (κ1) is 15.2. The number of hydrogen-bond donors (Lipinski definition) is 2. The first-order chi connectivity index (χ1) is 10.0. The second-order valence-corrected chi connectivity index (χ2v) is 5.67. The SMILES string of the molecule is CN(CC(N)=O)CC(=O)Nc1ccnn1Cc1cccs1. The maximum absolute atomic E-state index is 11.9. The monoisotopic (exact) mass is 307 g/mol. The normalized spacial score (nSPS) is 10.8. The van der Waals surface area contributed by atoms with E-state index >= 15 is 0 Å². The number of carbonyl (C=O) groups excluding carboxylic acids is 2. The molecule has 0 radical (unpaired) electrons. The second kappa shape index (κ2) is 7.00. The highest BCUT2D eigenvalue weighted by Gasteiger charge is 2.11. The molecule has 0 aromatic carbocycles. The molecule has 0 saturated carbocycles. The molecule has 0 unspecified atom stereocenters. The summed E-state index contributed by atoms with van der Waals surface area (Å²) in [5.41, 5.74) is 5.08. The molecule has 112 valence electrons. The van der Waals surface area contributed by atoms with Gasteiger partial charge in [0, 0.05) is 10.9 Å². The number of likely N-dealkylation sites (N-methyl/N-ethyl adjacent to an activating group) is 1. The number of amides is 2. The first-order valence-corrected chi connectivity index (χ1v) is 7.23. The van der Waals surface area contributed by atoms with Crippen LogP contribution in [0.15, 0.2) is 29.8 Å². The van der Waals surface area contributed by atoms with Gasteiger partial charge < -0.3 is 11.1 Å². The largest absolute Gasteiger partial charge is 0.369 e. The van der Waals surface area contributed by atoms with Gasteiger partial charge in [0.2, 0.25) is 11.8 Å². The third kappa shape index (κ3) is 4.69. The van der Waals surface area contributed by atoms with Crippen molar-refractivity contribution in [3.63, 3.8) is 0 Å². The molecule has 2 aromatic heterocycles. The van der Waals surface area contributed by atoms with Crippen molar-refractivity contribution >= 4 is 29.0 Å². The maximum Gasteiger partial charge on any atom is 0.239 e. The van der Waals surface area contributed by atoms with E-state index in [0.29, 0.717) is 12.4 Å². The summed E-state index contributed by atoms with van der Waals surface area (Å²) in [6.45, 7) is 0.742. The van der Waals surface area contributed by atoms with Gasteiger partial charge in [0.25, 0.3) is 0 Å². The lowest BCUT2D eigenvalue weighted by Gasteiger charge is -2.14. The van der Waals surface area contributed by atoms with Gasteiger partial charge in [-0.05, 0) is 18.5 Å². The zero-order valence-electron chi connectivity index (χ0n) is 11.7. The van der Waals surface area contributed by atoms with Crippen molar-refractivity contribution in [1.82, 2.24) is 14.7 Å². The molecular weight excluding hydrogens is 290 g/mol. The summed E-state index contributed by atoms with van der Waals surface area (Å²) in [4.78, 5) is 25.4. The van der Waals surface area contributed by atoms with Gasteiger partial charge in [-0.1, -0.05) is 6.07 Å². The lowest BCUT2D eigenvalue weighted by atomic mass is 10.4. The van der Waals surface area contributed by atoms with Crippen molar-refractivity contribution < 1.29 is 9.59 Å². The molecule has 2 rings (SSSR count). The van der Waals surface area contributed by atoms with Gasteiger partial charge in [-0.2, -0.15) is 5.10 Å². The second-order valence-electron chi connectivity index (χ2n) is 4.64. The van der Waals surface area contributed by atoms with Crippen LogP contribution < -0.4 is 11.1 Å². The topological polar surface area (TPSA) is 93.2 Å². The Morgan fingerprint density at radius 3 is 2.90 bits per heavy atom. The summed E-state index contributed by atoms with van der Waals surface area (Å²) in [6.07, 6.45) is 1.64. The molecule has 0 atom stereocenters. The lowest BCUT2D eigenvalue weighted by Crippen LogP contribution is -2.36. The molecule has 0 saturated heterocycles. The number of nitrogens with one attached hydrogen (secondary N) is 1. The summed E-state index contributed by atoms with van der Waals surface area (Å²) in [5, 5.41) is 8.97. The van der Waals surface area contributed by atoms with Gasteiger partial charge in [0.15, 0.2) is 0 Å². The summed E-state index contributed by atoms with van der Waals surface area (Å²) < 4.78 is 1.72. The summed E-state index contributed by atoms with van der Waals surface area (Å²) in [6, 6.07) is 5.72. The fourth-order valence-corrected chi connectivity index (χ4v) is 2.55. The van der Waals surface area contributed by atoms with Crippen LogP contribution in [0.25, 0.3) is 0 Å². The van der Waals surface area contributed by atoms with Crippen molar-refractivity contribution in [3.05, 3.63) is 34.7 Å². The van der Waals surface area contributed by atoms with E-state index in [0.717, 1.165) is 4.88 Å². The van der Waals surface area contributed by atoms with Crippen LogP contribution in [-0.4, -0.2) is 46.6 Å². The van der Waals surface area contributed by atoms with Gasteiger partial charge >= 0.3 is 0 Å². The van der Waals surface area contributed by atoms with Crippen LogP contribution in [0.5, 0.6) is 0 Å². The highest BCUT2D eigenvalue weighted by atomic mass is 32.1. The van der Waals surface area contributed by atoms with Crippen molar-refractivity contribution in [3.8, 4) is 0 Å². The van der Waals surface area contributed by atoms with Crippen molar-refractivity contribution in [2.45, 2.75) is 6.54 Å². The minimum atomic E-state index is -0.465. The Hall–Kier alpha value is -2.19. The number of nitrogens with two attached hydrogens (primary N) is 1. The Kier molecular flexibility index (Phi) is 5.07. The van der Waals surface area contributed by atoms with E-state index in [1.54, 1.807) is 40.2 Å². The van der Waals surface area contributed by atoms with Gasteiger partial charge in [-0.3, -0.25) is 14.5 Å². The number of hydrogen-bond acceptors (Lipinski definition) is 5. The lowest BCUT2D eigenvalue weighted by molar-refractivity contribution is -0.120. The number of carbonyl (C=O) groups is 2. The Bertz CT molecular complexity index is 608. The molecule has 0 aliphatic heterocycles. The molecule has 7 nitrogen and oxygen atoms in total. The number of nitrogens with zero attached hydrogens (tertiary/aromatic N) is 3. The molecule has 2 heterocycles. The highest BCUT2D eigenvalue weighted by Crippen LogP contribution is 2.14. The van der Waals surface area contributed by atoms with Gasteiger partial charge in [-0.15, -0.1) is 11.3 Å². The van der Waals surface area contributed by atoms with E-state index in [1.807, 2.05) is 17.5 Å². The van der Waals surface area contributed by atoms with E-state index in [4.69, 9.17) is 5.73 Å². The fraction of sp³-hybridized carbons (Fsp3) is 0.308. The van der Waals surface area contributed by atoms with Crippen LogP contribution in [0.4, 0.5) is 5.82 Å². The fourth-order valence-electron chi connectivity index (χ4n) is 1.86. The summed E-state index contributed by atoms with van der Waals surface area (Å²) in [7, 11) is 1.66. The van der Waals surface area contributed by atoms with Gasteiger partial charge in [-0.25, -0.2) is 4.68 Å². The van der Waals surface area contributed by atoms with E-state index in [-0.39, 0.29) is 19.0 Å². The van der Waals surface area contributed by atoms with Crippen LogP contribution >= 0.6 is 11.3 Å². The molecule has 21 heavy (non-hydrogen) atoms. The van der Waals surface area contributed by atoms with E-state index in [9.17, 15) is 9.59 Å².